The second kappa shape index (κ2) is 6.10. The summed E-state index contributed by atoms with van der Waals surface area (Å²) in [4.78, 5) is 21.5. The Labute approximate surface area is 103 Å². The van der Waals surface area contributed by atoms with E-state index >= 15 is 0 Å². The highest BCUT2D eigenvalue weighted by Gasteiger charge is 2.05. The van der Waals surface area contributed by atoms with Crippen molar-refractivity contribution in [3.63, 3.8) is 0 Å². The van der Waals surface area contributed by atoms with Gasteiger partial charge in [0.05, 0.1) is 0 Å². The number of halogens is 1. The van der Waals surface area contributed by atoms with Crippen LogP contribution >= 0.6 is 11.6 Å². The van der Waals surface area contributed by atoms with Crippen molar-refractivity contribution in [2.24, 2.45) is 5.73 Å². The van der Waals surface area contributed by atoms with Crippen LogP contribution in [0.5, 0.6) is 5.75 Å². The molecule has 2 N–H and O–H groups in total. The van der Waals surface area contributed by atoms with Crippen molar-refractivity contribution in [1.29, 1.82) is 0 Å². The second-order valence-electron chi connectivity index (χ2n) is 3.23. The molecule has 0 aliphatic rings. The molecule has 1 amide bonds. The van der Waals surface area contributed by atoms with E-state index in [1.54, 1.807) is 6.07 Å². The number of esters is 1. The van der Waals surface area contributed by atoms with Gasteiger partial charge in [-0.3, -0.25) is 9.59 Å². The average molecular weight is 258 g/mol. The largest absolute Gasteiger partial charge is 0.490 e. The number of carbonyl (C=O) groups excluding carboxylic acids is 2. The Kier molecular flexibility index (Phi) is 4.78. The van der Waals surface area contributed by atoms with E-state index in [2.05, 4.69) is 4.74 Å². The summed E-state index contributed by atoms with van der Waals surface area (Å²) in [6.45, 7) is 1.62. The third-order valence-electron chi connectivity index (χ3n) is 1.81. The van der Waals surface area contributed by atoms with Gasteiger partial charge in [-0.2, -0.15) is 0 Å². The smallest absolute Gasteiger partial charge is 0.302 e. The Hall–Kier alpha value is -1.75. The molecule has 0 aromatic heterocycles. The van der Waals surface area contributed by atoms with Crippen LogP contribution in [0.25, 0.3) is 0 Å². The molecular formula is C11H12ClNO4. The van der Waals surface area contributed by atoms with Crippen LogP contribution in [0.3, 0.4) is 0 Å². The van der Waals surface area contributed by atoms with E-state index in [9.17, 15) is 9.59 Å². The molecule has 0 atom stereocenters. The van der Waals surface area contributed by atoms with Gasteiger partial charge in [0.15, 0.2) is 0 Å². The maximum absolute atomic E-state index is 11.0. The zero-order valence-corrected chi connectivity index (χ0v) is 9.99. The summed E-state index contributed by atoms with van der Waals surface area (Å²) in [5, 5.41) is 0.351. The van der Waals surface area contributed by atoms with E-state index < -0.39 is 5.91 Å². The van der Waals surface area contributed by atoms with Crippen LogP contribution in [-0.4, -0.2) is 25.1 Å². The first kappa shape index (κ1) is 13.3. The minimum atomic E-state index is -0.586. The summed E-state index contributed by atoms with van der Waals surface area (Å²) >= 11 is 5.78. The molecule has 0 saturated heterocycles. The molecule has 0 fully saturated rings. The van der Waals surface area contributed by atoms with E-state index in [1.165, 1.54) is 19.1 Å². The summed E-state index contributed by atoms with van der Waals surface area (Å²) in [6, 6.07) is 4.46. The van der Waals surface area contributed by atoms with E-state index in [0.717, 1.165) is 0 Å². The molecule has 0 spiro atoms. The summed E-state index contributed by atoms with van der Waals surface area (Å²) in [7, 11) is 0. The number of hydrogen-bond donors (Lipinski definition) is 1. The highest BCUT2D eigenvalue weighted by molar-refractivity contribution is 6.31. The Balaban J connectivity index is 2.59. The predicted octanol–water partition coefficient (Wildman–Crippen LogP) is 1.38. The number of ether oxygens (including phenoxy) is 2. The average Bonchev–Trinajstić information content (AvgIpc) is 2.23. The van der Waals surface area contributed by atoms with Crippen LogP contribution in [0.1, 0.15) is 17.3 Å². The fourth-order valence-electron chi connectivity index (χ4n) is 1.13. The van der Waals surface area contributed by atoms with Crippen molar-refractivity contribution in [1.82, 2.24) is 0 Å². The SMILES string of the molecule is CC(=O)OCCOc1cc(Cl)cc(C(N)=O)c1. The normalized spacial score (nSPS) is 9.76. The maximum atomic E-state index is 11.0. The summed E-state index contributed by atoms with van der Waals surface area (Å²) in [6.07, 6.45) is 0. The van der Waals surface area contributed by atoms with E-state index in [4.69, 9.17) is 22.1 Å². The van der Waals surface area contributed by atoms with Crippen LogP contribution in [0.2, 0.25) is 5.02 Å². The fraction of sp³-hybridized carbons (Fsp3) is 0.273. The van der Waals surface area contributed by atoms with Gasteiger partial charge in [-0.25, -0.2) is 0 Å². The van der Waals surface area contributed by atoms with Crippen molar-refractivity contribution >= 4 is 23.5 Å². The molecule has 0 unspecified atom stereocenters. The lowest BCUT2D eigenvalue weighted by molar-refractivity contribution is -0.141. The highest BCUT2D eigenvalue weighted by atomic mass is 35.5. The lowest BCUT2D eigenvalue weighted by Gasteiger charge is -2.07. The molecule has 0 bridgehead atoms. The van der Waals surface area contributed by atoms with E-state index in [-0.39, 0.29) is 24.7 Å². The topological polar surface area (TPSA) is 78.6 Å². The molecule has 5 nitrogen and oxygen atoms in total. The Morgan fingerprint density at radius 2 is 2.00 bits per heavy atom. The summed E-state index contributed by atoms with van der Waals surface area (Å²) in [5.41, 5.74) is 5.39. The molecule has 0 saturated carbocycles. The van der Waals surface area contributed by atoms with Crippen LogP contribution < -0.4 is 10.5 Å². The third-order valence-corrected chi connectivity index (χ3v) is 2.03. The van der Waals surface area contributed by atoms with Crippen LogP contribution in [0, 0.1) is 0 Å². The lowest BCUT2D eigenvalue weighted by Crippen LogP contribution is -2.12. The molecule has 1 aromatic rings. The molecule has 6 heteroatoms. The second-order valence-corrected chi connectivity index (χ2v) is 3.66. The molecule has 1 aromatic carbocycles. The summed E-state index contributed by atoms with van der Waals surface area (Å²) in [5.74, 6) is -0.562. The van der Waals surface area contributed by atoms with Gasteiger partial charge in [-0.15, -0.1) is 0 Å². The quantitative estimate of drug-likeness (QED) is 0.638. The monoisotopic (exact) mass is 257 g/mol. The van der Waals surface area contributed by atoms with Crippen molar-refractivity contribution < 1.29 is 19.1 Å². The first-order chi connectivity index (χ1) is 7.99. The fourth-order valence-corrected chi connectivity index (χ4v) is 1.36. The first-order valence-corrected chi connectivity index (χ1v) is 5.23. The molecule has 0 heterocycles. The highest BCUT2D eigenvalue weighted by Crippen LogP contribution is 2.20. The molecule has 0 aliphatic carbocycles. The van der Waals surface area contributed by atoms with E-state index in [0.29, 0.717) is 10.8 Å². The van der Waals surface area contributed by atoms with Crippen molar-refractivity contribution in [3.8, 4) is 5.75 Å². The number of amides is 1. The number of nitrogens with two attached hydrogens (primary N) is 1. The zero-order valence-electron chi connectivity index (χ0n) is 9.23. The Bertz CT molecular complexity index is 433. The van der Waals surface area contributed by atoms with E-state index in [1.807, 2.05) is 0 Å². The van der Waals surface area contributed by atoms with Crippen molar-refractivity contribution in [2.75, 3.05) is 13.2 Å². The maximum Gasteiger partial charge on any atom is 0.302 e. The first-order valence-electron chi connectivity index (χ1n) is 4.85. The van der Waals surface area contributed by atoms with Crippen molar-refractivity contribution in [2.45, 2.75) is 6.92 Å². The van der Waals surface area contributed by atoms with Crippen molar-refractivity contribution in [3.05, 3.63) is 28.8 Å². The van der Waals surface area contributed by atoms with Gasteiger partial charge in [0, 0.05) is 17.5 Å². The number of primary amides is 1. The van der Waals surface area contributed by atoms with Gasteiger partial charge >= 0.3 is 5.97 Å². The van der Waals surface area contributed by atoms with Gasteiger partial charge in [0.2, 0.25) is 5.91 Å². The molecule has 0 aliphatic heterocycles. The third kappa shape index (κ3) is 4.74. The molecule has 0 radical (unpaired) electrons. The van der Waals surface area contributed by atoms with Gasteiger partial charge in [0.1, 0.15) is 19.0 Å². The Morgan fingerprint density at radius 3 is 2.59 bits per heavy atom. The minimum absolute atomic E-state index is 0.133. The molecule has 17 heavy (non-hydrogen) atoms. The standard InChI is InChI=1S/C11H12ClNO4/c1-7(14)16-2-3-17-10-5-8(11(13)15)4-9(12)6-10/h4-6H,2-3H2,1H3,(H2,13,15). The van der Waals surface area contributed by atoms with Crippen LogP contribution in [-0.2, 0) is 9.53 Å². The molecule has 1 rings (SSSR count). The minimum Gasteiger partial charge on any atom is -0.490 e. The van der Waals surface area contributed by atoms with Crippen LogP contribution in [0.15, 0.2) is 18.2 Å². The lowest BCUT2D eigenvalue weighted by atomic mass is 10.2. The molecular weight excluding hydrogens is 246 g/mol. The zero-order chi connectivity index (χ0) is 12.8. The number of rotatable bonds is 5. The van der Waals surface area contributed by atoms with Gasteiger partial charge in [0.25, 0.3) is 0 Å². The summed E-state index contributed by atoms with van der Waals surface area (Å²) < 4.78 is 9.94. The number of carbonyl (C=O) groups is 2. The Morgan fingerprint density at radius 1 is 1.29 bits per heavy atom. The number of hydrogen-bond acceptors (Lipinski definition) is 4. The van der Waals surface area contributed by atoms with Gasteiger partial charge < -0.3 is 15.2 Å². The predicted molar refractivity (Wildman–Crippen MR) is 62.1 cm³/mol. The number of benzene rings is 1. The van der Waals surface area contributed by atoms with Gasteiger partial charge in [-0.05, 0) is 18.2 Å². The van der Waals surface area contributed by atoms with Crippen LogP contribution in [0.4, 0.5) is 0 Å². The van der Waals surface area contributed by atoms with Gasteiger partial charge in [-0.1, -0.05) is 11.6 Å². The molecule has 92 valence electrons.